The third-order valence-electron chi connectivity index (χ3n) is 4.99. The number of thioether (sulfide) groups is 1. The molecule has 5 heteroatoms. The van der Waals surface area contributed by atoms with Crippen LogP contribution in [0.25, 0.3) is 16.6 Å². The van der Waals surface area contributed by atoms with Gasteiger partial charge in [-0.15, -0.1) is 0 Å². The lowest BCUT2D eigenvalue weighted by Gasteiger charge is -2.16. The molecule has 1 heterocycles. The zero-order valence-electron chi connectivity index (χ0n) is 16.8. The van der Waals surface area contributed by atoms with Crippen molar-refractivity contribution < 1.29 is 0 Å². The van der Waals surface area contributed by atoms with Crippen LogP contribution in [0.4, 0.5) is 5.69 Å². The number of fused-ring (bicyclic) bond motifs is 1. The quantitative estimate of drug-likeness (QED) is 0.346. The molecule has 0 N–H and O–H groups in total. The largest absolute Gasteiger partial charge is 0.378 e. The van der Waals surface area contributed by atoms with Gasteiger partial charge in [-0.25, -0.2) is 4.98 Å². The van der Waals surface area contributed by atoms with E-state index in [0.717, 1.165) is 22.6 Å². The molecule has 0 aliphatic heterocycles. The van der Waals surface area contributed by atoms with E-state index in [1.54, 1.807) is 16.3 Å². The fourth-order valence-corrected chi connectivity index (χ4v) is 4.34. The molecule has 4 aromatic rings. The van der Waals surface area contributed by atoms with Crippen molar-refractivity contribution in [2.75, 3.05) is 19.0 Å². The first-order valence-electron chi connectivity index (χ1n) is 9.51. The maximum Gasteiger partial charge on any atom is 0.266 e. The van der Waals surface area contributed by atoms with E-state index in [4.69, 9.17) is 4.98 Å². The van der Waals surface area contributed by atoms with Crippen LogP contribution in [-0.4, -0.2) is 23.6 Å². The molecule has 3 aromatic carbocycles. The molecule has 0 fully saturated rings. The molecule has 0 spiro atoms. The first-order valence-corrected chi connectivity index (χ1v) is 10.5. The lowest BCUT2D eigenvalue weighted by molar-refractivity contribution is 0.819. The van der Waals surface area contributed by atoms with Crippen LogP contribution >= 0.6 is 11.8 Å². The summed E-state index contributed by atoms with van der Waals surface area (Å²) in [5.74, 6) is 0.757. The average molecular weight is 402 g/mol. The summed E-state index contributed by atoms with van der Waals surface area (Å²) >= 11 is 1.59. The lowest BCUT2D eigenvalue weighted by atomic mass is 10.1. The van der Waals surface area contributed by atoms with Crippen LogP contribution in [0.15, 0.2) is 82.7 Å². The minimum atomic E-state index is -0.0412. The minimum absolute atomic E-state index is 0.0412. The number of hydrogen-bond acceptors (Lipinski definition) is 4. The fraction of sp³-hybridized carbons (Fsp3) is 0.167. The summed E-state index contributed by atoms with van der Waals surface area (Å²) in [6.45, 7) is 2.11. The van der Waals surface area contributed by atoms with Crippen LogP contribution in [0.5, 0.6) is 0 Å². The van der Waals surface area contributed by atoms with E-state index in [9.17, 15) is 4.79 Å². The Balaban J connectivity index is 1.82. The standard InChI is InChI=1S/C24H23N3OS/c1-17-8-4-5-9-18(17)16-29-24-25-22-11-7-6-10-21(22)23(28)27(24)20-14-12-19(13-15-20)26(2)3/h4-15H,16H2,1-3H3. The van der Waals surface area contributed by atoms with Crippen LogP contribution in [0.3, 0.4) is 0 Å². The first kappa shape index (κ1) is 19.3. The molecule has 0 radical (unpaired) electrons. The molecular weight excluding hydrogens is 378 g/mol. The summed E-state index contributed by atoms with van der Waals surface area (Å²) in [4.78, 5) is 20.2. The zero-order chi connectivity index (χ0) is 20.4. The van der Waals surface area contributed by atoms with Gasteiger partial charge < -0.3 is 4.90 Å². The number of benzene rings is 3. The predicted octanol–water partition coefficient (Wildman–Crippen LogP) is 5.05. The van der Waals surface area contributed by atoms with Crippen molar-refractivity contribution in [2.24, 2.45) is 0 Å². The Bertz CT molecular complexity index is 1210. The summed E-state index contributed by atoms with van der Waals surface area (Å²) in [7, 11) is 4.00. The SMILES string of the molecule is Cc1ccccc1CSc1nc2ccccc2c(=O)n1-c1ccc(N(C)C)cc1. The highest BCUT2D eigenvalue weighted by Crippen LogP contribution is 2.26. The van der Waals surface area contributed by atoms with Crippen LogP contribution in [0.2, 0.25) is 0 Å². The maximum atomic E-state index is 13.3. The van der Waals surface area contributed by atoms with Crippen LogP contribution in [0.1, 0.15) is 11.1 Å². The monoisotopic (exact) mass is 401 g/mol. The van der Waals surface area contributed by atoms with Crippen molar-refractivity contribution in [3.63, 3.8) is 0 Å². The number of anilines is 1. The second-order valence-corrected chi connectivity index (χ2v) is 8.12. The van der Waals surface area contributed by atoms with Gasteiger partial charge in [-0.3, -0.25) is 9.36 Å². The van der Waals surface area contributed by atoms with Gasteiger partial charge in [-0.1, -0.05) is 48.2 Å². The fourth-order valence-electron chi connectivity index (χ4n) is 3.25. The number of hydrogen-bond donors (Lipinski definition) is 0. The summed E-state index contributed by atoms with van der Waals surface area (Å²) in [5.41, 5.74) is 5.08. The average Bonchev–Trinajstić information content (AvgIpc) is 2.73. The highest BCUT2D eigenvalue weighted by molar-refractivity contribution is 7.98. The summed E-state index contributed by atoms with van der Waals surface area (Å²) in [5, 5.41) is 1.33. The lowest BCUT2D eigenvalue weighted by Crippen LogP contribution is -2.22. The number of nitrogens with zero attached hydrogens (tertiary/aromatic N) is 3. The van der Waals surface area contributed by atoms with Gasteiger partial charge >= 0.3 is 0 Å². The Kier molecular flexibility index (Phi) is 5.41. The Morgan fingerprint density at radius 2 is 1.62 bits per heavy atom. The zero-order valence-corrected chi connectivity index (χ0v) is 17.6. The maximum absolute atomic E-state index is 13.3. The van der Waals surface area contributed by atoms with Crippen molar-refractivity contribution in [1.29, 1.82) is 0 Å². The van der Waals surface area contributed by atoms with Crippen LogP contribution < -0.4 is 10.5 Å². The van der Waals surface area contributed by atoms with Crippen molar-refractivity contribution in [3.05, 3.63) is 94.3 Å². The van der Waals surface area contributed by atoms with E-state index in [-0.39, 0.29) is 5.56 Å². The van der Waals surface area contributed by atoms with Gasteiger partial charge in [0.05, 0.1) is 16.6 Å². The Morgan fingerprint density at radius 3 is 2.34 bits per heavy atom. The second kappa shape index (κ2) is 8.13. The van der Waals surface area contributed by atoms with Gasteiger partial charge in [0, 0.05) is 25.5 Å². The molecule has 146 valence electrons. The molecule has 1 aromatic heterocycles. The molecule has 0 amide bonds. The van der Waals surface area contributed by atoms with Gasteiger partial charge in [-0.2, -0.15) is 0 Å². The van der Waals surface area contributed by atoms with Gasteiger partial charge in [-0.05, 0) is 54.4 Å². The molecule has 0 saturated carbocycles. The Labute approximate surface area is 174 Å². The first-order chi connectivity index (χ1) is 14.0. The van der Waals surface area contributed by atoms with Crippen molar-refractivity contribution in [3.8, 4) is 5.69 Å². The molecule has 0 bridgehead atoms. The molecule has 4 nitrogen and oxygen atoms in total. The Hall–Kier alpha value is -3.05. The third kappa shape index (κ3) is 3.91. The van der Waals surface area contributed by atoms with E-state index in [1.807, 2.05) is 79.7 Å². The number of rotatable bonds is 5. The number of aromatic nitrogens is 2. The van der Waals surface area contributed by atoms with Crippen molar-refractivity contribution in [2.45, 2.75) is 17.8 Å². The van der Waals surface area contributed by atoms with E-state index in [2.05, 4.69) is 19.1 Å². The molecule has 0 saturated heterocycles. The van der Waals surface area contributed by atoms with Crippen molar-refractivity contribution in [1.82, 2.24) is 9.55 Å². The molecule has 4 rings (SSSR count). The normalized spacial score (nSPS) is 11.0. The molecule has 0 aliphatic rings. The predicted molar refractivity (Wildman–Crippen MR) is 122 cm³/mol. The molecule has 0 atom stereocenters. The van der Waals surface area contributed by atoms with Crippen LogP contribution in [0, 0.1) is 6.92 Å². The van der Waals surface area contributed by atoms with Gasteiger partial charge in [0.2, 0.25) is 0 Å². The summed E-state index contributed by atoms with van der Waals surface area (Å²) in [6, 6.07) is 23.8. The summed E-state index contributed by atoms with van der Waals surface area (Å²) < 4.78 is 1.73. The smallest absolute Gasteiger partial charge is 0.266 e. The third-order valence-corrected chi connectivity index (χ3v) is 5.97. The van der Waals surface area contributed by atoms with Gasteiger partial charge in [0.25, 0.3) is 5.56 Å². The highest BCUT2D eigenvalue weighted by atomic mass is 32.2. The van der Waals surface area contributed by atoms with Gasteiger partial charge in [0.15, 0.2) is 5.16 Å². The number of para-hydroxylation sites is 1. The van der Waals surface area contributed by atoms with E-state index >= 15 is 0 Å². The minimum Gasteiger partial charge on any atom is -0.378 e. The van der Waals surface area contributed by atoms with Crippen molar-refractivity contribution >= 4 is 28.4 Å². The second-order valence-electron chi connectivity index (χ2n) is 7.18. The molecule has 0 aliphatic carbocycles. The van der Waals surface area contributed by atoms with Gasteiger partial charge in [0.1, 0.15) is 0 Å². The topological polar surface area (TPSA) is 38.1 Å². The Morgan fingerprint density at radius 1 is 0.931 bits per heavy atom. The van der Waals surface area contributed by atoms with E-state index in [1.165, 1.54) is 11.1 Å². The molecule has 0 unspecified atom stereocenters. The van der Waals surface area contributed by atoms with E-state index < -0.39 is 0 Å². The summed E-state index contributed by atoms with van der Waals surface area (Å²) in [6.07, 6.45) is 0. The van der Waals surface area contributed by atoms with Crippen LogP contribution in [-0.2, 0) is 5.75 Å². The molecule has 29 heavy (non-hydrogen) atoms. The number of aryl methyl sites for hydroxylation is 1. The van der Waals surface area contributed by atoms with E-state index in [0.29, 0.717) is 10.5 Å². The molecular formula is C24H23N3OS. The highest BCUT2D eigenvalue weighted by Gasteiger charge is 2.14.